The van der Waals surface area contributed by atoms with Crippen LogP contribution in [0.4, 0.5) is 4.79 Å². The highest BCUT2D eigenvalue weighted by Gasteiger charge is 2.30. The van der Waals surface area contributed by atoms with Gasteiger partial charge in [0.1, 0.15) is 0 Å². The molecule has 2 N–H and O–H groups in total. The van der Waals surface area contributed by atoms with Crippen LogP contribution in [0.5, 0.6) is 0 Å². The van der Waals surface area contributed by atoms with E-state index in [1.54, 1.807) is 16.2 Å². The molecule has 24 heavy (non-hydrogen) atoms. The molecule has 126 valence electrons. The first-order valence-corrected chi connectivity index (χ1v) is 9.31. The molecule has 1 aliphatic carbocycles. The molecule has 0 spiro atoms. The fraction of sp³-hybridized carbons (Fsp3) is 0.444. The van der Waals surface area contributed by atoms with Crippen LogP contribution in [0.25, 0.3) is 0 Å². The van der Waals surface area contributed by atoms with Crippen molar-refractivity contribution in [2.45, 2.75) is 37.8 Å². The minimum absolute atomic E-state index is 0.0625. The third-order valence-electron chi connectivity index (χ3n) is 4.76. The number of aromatic nitrogens is 1. The van der Waals surface area contributed by atoms with E-state index >= 15 is 0 Å². The van der Waals surface area contributed by atoms with Gasteiger partial charge in [-0.3, -0.25) is 0 Å². The molecule has 6 heteroatoms. The van der Waals surface area contributed by atoms with E-state index in [4.69, 9.17) is 0 Å². The quantitative estimate of drug-likeness (QED) is 0.897. The number of benzene rings is 1. The van der Waals surface area contributed by atoms with Crippen molar-refractivity contribution in [2.75, 3.05) is 13.2 Å². The summed E-state index contributed by atoms with van der Waals surface area (Å²) in [5.74, 6) is 0.650. The maximum atomic E-state index is 12.6. The van der Waals surface area contributed by atoms with Gasteiger partial charge < -0.3 is 15.3 Å². The number of hydrogen-bond acceptors (Lipinski definition) is 4. The predicted molar refractivity (Wildman–Crippen MR) is 93.0 cm³/mol. The number of fused-ring (bicyclic) bond motifs is 1. The summed E-state index contributed by atoms with van der Waals surface area (Å²) >= 11 is 1.69. The number of nitrogens with one attached hydrogen (secondary N) is 1. The Labute approximate surface area is 145 Å². The largest absolute Gasteiger partial charge is 0.394 e. The average Bonchev–Trinajstić information content (AvgIpc) is 3.37. The average molecular weight is 343 g/mol. The van der Waals surface area contributed by atoms with E-state index in [2.05, 4.69) is 16.4 Å². The van der Waals surface area contributed by atoms with Gasteiger partial charge in [0.2, 0.25) is 0 Å². The van der Waals surface area contributed by atoms with Gasteiger partial charge in [-0.25, -0.2) is 9.78 Å². The summed E-state index contributed by atoms with van der Waals surface area (Å²) in [5, 5.41) is 16.0. The highest BCUT2D eigenvalue weighted by Crippen LogP contribution is 2.41. The SMILES string of the molecule is O=C(NCc1csc(C2CC2)n1)N1CCc2ccccc2[C@@H]1CO. The summed E-state index contributed by atoms with van der Waals surface area (Å²) in [6, 6.07) is 7.62. The zero-order valence-corrected chi connectivity index (χ0v) is 14.3. The maximum Gasteiger partial charge on any atom is 0.318 e. The van der Waals surface area contributed by atoms with Crippen LogP contribution < -0.4 is 5.32 Å². The first kappa shape index (κ1) is 15.6. The second-order valence-electron chi connectivity index (χ2n) is 6.45. The van der Waals surface area contributed by atoms with E-state index in [-0.39, 0.29) is 18.7 Å². The van der Waals surface area contributed by atoms with Gasteiger partial charge in [0, 0.05) is 17.8 Å². The molecular formula is C18H21N3O2S. The third-order valence-corrected chi connectivity index (χ3v) is 5.82. The molecule has 1 aliphatic heterocycles. The monoisotopic (exact) mass is 343 g/mol. The fourth-order valence-corrected chi connectivity index (χ4v) is 4.27. The van der Waals surface area contributed by atoms with E-state index in [9.17, 15) is 9.90 Å². The van der Waals surface area contributed by atoms with E-state index < -0.39 is 0 Å². The molecule has 1 atom stereocenters. The van der Waals surface area contributed by atoms with Gasteiger partial charge in [0.25, 0.3) is 0 Å². The van der Waals surface area contributed by atoms with Gasteiger partial charge >= 0.3 is 6.03 Å². The molecule has 2 amide bonds. The van der Waals surface area contributed by atoms with E-state index in [1.165, 1.54) is 23.4 Å². The van der Waals surface area contributed by atoms with Gasteiger partial charge in [-0.2, -0.15) is 0 Å². The van der Waals surface area contributed by atoms with Gasteiger partial charge in [-0.1, -0.05) is 24.3 Å². The van der Waals surface area contributed by atoms with Crippen LogP contribution >= 0.6 is 11.3 Å². The van der Waals surface area contributed by atoms with E-state index in [0.717, 1.165) is 17.7 Å². The minimum atomic E-state index is -0.271. The zero-order chi connectivity index (χ0) is 16.5. The molecule has 0 bridgehead atoms. The van der Waals surface area contributed by atoms with Crippen molar-refractivity contribution in [3.05, 3.63) is 51.5 Å². The van der Waals surface area contributed by atoms with Crippen molar-refractivity contribution in [3.8, 4) is 0 Å². The number of urea groups is 1. The van der Waals surface area contributed by atoms with E-state index in [1.807, 2.05) is 23.6 Å². The Balaban J connectivity index is 1.41. The molecule has 1 aromatic heterocycles. The number of amides is 2. The predicted octanol–water partition coefficient (Wildman–Crippen LogP) is 2.82. The summed E-state index contributed by atoms with van der Waals surface area (Å²) in [6.45, 7) is 1.00. The van der Waals surface area contributed by atoms with Crippen LogP contribution in [0.3, 0.4) is 0 Å². The Morgan fingerprint density at radius 3 is 3.00 bits per heavy atom. The van der Waals surface area contributed by atoms with E-state index in [0.29, 0.717) is 19.0 Å². The molecule has 5 nitrogen and oxygen atoms in total. The van der Waals surface area contributed by atoms with Crippen molar-refractivity contribution in [3.63, 3.8) is 0 Å². The number of carbonyl (C=O) groups excluding carboxylic acids is 1. The molecule has 1 aromatic carbocycles. The smallest absolute Gasteiger partial charge is 0.318 e. The lowest BCUT2D eigenvalue weighted by atomic mass is 9.93. The summed E-state index contributed by atoms with van der Waals surface area (Å²) in [6.07, 6.45) is 3.30. The fourth-order valence-electron chi connectivity index (χ4n) is 3.28. The van der Waals surface area contributed by atoms with Gasteiger partial charge in [0.05, 0.1) is 29.9 Å². The molecule has 2 aromatic rings. The Morgan fingerprint density at radius 1 is 1.38 bits per heavy atom. The van der Waals surface area contributed by atoms with Crippen molar-refractivity contribution in [1.29, 1.82) is 0 Å². The lowest BCUT2D eigenvalue weighted by molar-refractivity contribution is 0.126. The number of rotatable bonds is 4. The minimum Gasteiger partial charge on any atom is -0.394 e. The Kier molecular flexibility index (Phi) is 4.24. The maximum absolute atomic E-state index is 12.6. The summed E-state index contributed by atoms with van der Waals surface area (Å²) < 4.78 is 0. The number of carbonyl (C=O) groups is 1. The van der Waals surface area contributed by atoms with Crippen molar-refractivity contribution >= 4 is 17.4 Å². The standard InChI is InChI=1S/C18H21N3O2S/c22-10-16-15-4-2-1-3-12(15)7-8-21(16)18(23)19-9-14-11-24-17(20-14)13-5-6-13/h1-4,11,13,16,22H,5-10H2,(H,19,23)/t16-/m0/s1. The number of hydrogen-bond donors (Lipinski definition) is 2. The topological polar surface area (TPSA) is 65.5 Å². The Hall–Kier alpha value is -1.92. The number of aliphatic hydroxyl groups excluding tert-OH is 1. The lowest BCUT2D eigenvalue weighted by Gasteiger charge is -2.36. The Bertz CT molecular complexity index is 741. The summed E-state index contributed by atoms with van der Waals surface area (Å²) in [7, 11) is 0. The molecule has 2 aliphatic rings. The molecule has 0 radical (unpaired) electrons. The molecule has 1 saturated carbocycles. The molecular weight excluding hydrogens is 322 g/mol. The van der Waals surface area contributed by atoms with Crippen LogP contribution in [0, 0.1) is 0 Å². The Morgan fingerprint density at radius 2 is 2.21 bits per heavy atom. The number of nitrogens with zero attached hydrogens (tertiary/aromatic N) is 2. The molecule has 0 saturated heterocycles. The highest BCUT2D eigenvalue weighted by atomic mass is 32.1. The number of thiazole rings is 1. The molecule has 2 heterocycles. The van der Waals surface area contributed by atoms with Gasteiger partial charge in [-0.05, 0) is 30.4 Å². The summed E-state index contributed by atoms with van der Waals surface area (Å²) in [5.41, 5.74) is 3.19. The molecule has 4 rings (SSSR count). The lowest BCUT2D eigenvalue weighted by Crippen LogP contribution is -2.46. The third kappa shape index (κ3) is 3.03. The van der Waals surface area contributed by atoms with Crippen LogP contribution in [-0.4, -0.2) is 34.2 Å². The molecule has 1 fully saturated rings. The highest BCUT2D eigenvalue weighted by molar-refractivity contribution is 7.09. The van der Waals surface area contributed by atoms with Crippen LogP contribution in [0.15, 0.2) is 29.6 Å². The summed E-state index contributed by atoms with van der Waals surface area (Å²) in [4.78, 5) is 18.9. The van der Waals surface area contributed by atoms with Crippen molar-refractivity contribution in [2.24, 2.45) is 0 Å². The van der Waals surface area contributed by atoms with Crippen LogP contribution in [0.2, 0.25) is 0 Å². The second kappa shape index (κ2) is 6.53. The first-order valence-electron chi connectivity index (χ1n) is 8.43. The normalized spacial score (nSPS) is 19.9. The van der Waals surface area contributed by atoms with Gasteiger partial charge in [-0.15, -0.1) is 11.3 Å². The molecule has 0 unspecified atom stereocenters. The van der Waals surface area contributed by atoms with Crippen molar-refractivity contribution in [1.82, 2.24) is 15.2 Å². The second-order valence-corrected chi connectivity index (χ2v) is 7.34. The van der Waals surface area contributed by atoms with Gasteiger partial charge in [0.15, 0.2) is 0 Å². The van der Waals surface area contributed by atoms with Crippen molar-refractivity contribution < 1.29 is 9.90 Å². The number of aliphatic hydroxyl groups is 1. The first-order chi connectivity index (χ1) is 11.8. The van der Waals surface area contributed by atoms with Crippen LogP contribution in [0.1, 0.15) is 46.6 Å². The zero-order valence-electron chi connectivity index (χ0n) is 13.4. The van der Waals surface area contributed by atoms with Crippen LogP contribution in [-0.2, 0) is 13.0 Å².